The van der Waals surface area contributed by atoms with Gasteiger partial charge in [0.2, 0.25) is 0 Å². The Morgan fingerprint density at radius 1 is 1.18 bits per heavy atom. The van der Waals surface area contributed by atoms with E-state index in [2.05, 4.69) is 15.4 Å². The first kappa shape index (κ1) is 26.7. The summed E-state index contributed by atoms with van der Waals surface area (Å²) in [4.78, 5) is 25.5. The first-order valence-electron chi connectivity index (χ1n) is 12.4. The van der Waals surface area contributed by atoms with Crippen LogP contribution < -0.4 is 5.32 Å². The molecule has 15 heteroatoms. The van der Waals surface area contributed by atoms with Gasteiger partial charge in [-0.15, -0.1) is 11.3 Å². The molecular weight excluding hydrogens is 571 g/mol. The van der Waals surface area contributed by atoms with Crippen LogP contribution in [-0.4, -0.2) is 84.5 Å². The standard InChI is InChI=1S/C25H23ClF3N7O3S/c26-15-7-12(27)1-2-14(15)21-20(16-3-5-36(33-16)24(28)29)17-8-13(31-25(39)34-10-18(37)19(38)11-34)9-35(17)22(32-21)23-30-4-6-40-23/h1-7,13,18-19,21,24,37-38H,8-11H2,(H,31,39)/t13-,18-,19-,21-/m0/s1. The number of amides is 2. The van der Waals surface area contributed by atoms with E-state index in [1.54, 1.807) is 11.6 Å². The SMILES string of the molecule is O=C(N[C@H]1CC2=C(c3ccn(C(F)F)n3)[C@H](c3ccc(F)cc3Cl)N=C(c3nccs3)N2C1)N1C[C@H](O)[C@@H](O)C1. The zero-order chi connectivity index (χ0) is 28.1. The number of carbonyl (C=O) groups excluding carboxylic acids is 1. The molecule has 2 fully saturated rings. The number of halogens is 4. The van der Waals surface area contributed by atoms with E-state index in [9.17, 15) is 28.2 Å². The fraction of sp³-hybridized carbons (Fsp3) is 0.360. The monoisotopic (exact) mass is 593 g/mol. The molecule has 6 rings (SSSR count). The first-order chi connectivity index (χ1) is 19.2. The Morgan fingerprint density at radius 2 is 1.95 bits per heavy atom. The Bertz CT molecular complexity index is 1490. The number of nitrogens with zero attached hydrogens (tertiary/aromatic N) is 6. The number of benzene rings is 1. The van der Waals surface area contributed by atoms with Crippen molar-refractivity contribution in [2.75, 3.05) is 19.6 Å². The quantitative estimate of drug-likeness (QED) is 0.418. The van der Waals surface area contributed by atoms with Gasteiger partial charge in [0.1, 0.15) is 11.9 Å². The lowest BCUT2D eigenvalue weighted by molar-refractivity contribution is 0.0564. The van der Waals surface area contributed by atoms with Crippen molar-refractivity contribution in [1.29, 1.82) is 0 Å². The van der Waals surface area contributed by atoms with Crippen LogP contribution in [0.3, 0.4) is 0 Å². The third-order valence-corrected chi connectivity index (χ3v) is 8.20. The minimum Gasteiger partial charge on any atom is -0.388 e. The second-order valence-electron chi connectivity index (χ2n) is 9.68. The van der Waals surface area contributed by atoms with Gasteiger partial charge in [0.05, 0.1) is 37.0 Å². The Kier molecular flexibility index (Phi) is 7.02. The molecule has 4 atom stereocenters. The third-order valence-electron chi connectivity index (χ3n) is 7.10. The molecule has 1 aromatic carbocycles. The Hall–Kier alpha value is -3.46. The molecule has 0 aliphatic carbocycles. The Morgan fingerprint density at radius 3 is 2.60 bits per heavy atom. The van der Waals surface area contributed by atoms with E-state index < -0.39 is 42.7 Å². The van der Waals surface area contributed by atoms with Crippen molar-refractivity contribution in [1.82, 2.24) is 29.9 Å². The van der Waals surface area contributed by atoms with E-state index in [4.69, 9.17) is 16.6 Å². The highest BCUT2D eigenvalue weighted by molar-refractivity contribution is 7.11. The molecule has 0 radical (unpaired) electrons. The number of alkyl halides is 2. The maximum atomic E-state index is 14.0. The van der Waals surface area contributed by atoms with Crippen LogP contribution >= 0.6 is 22.9 Å². The zero-order valence-corrected chi connectivity index (χ0v) is 22.2. The number of aromatic nitrogens is 3. The molecule has 3 aromatic rings. The van der Waals surface area contributed by atoms with Crippen molar-refractivity contribution < 1.29 is 28.2 Å². The zero-order valence-electron chi connectivity index (χ0n) is 20.7. The van der Waals surface area contributed by atoms with Gasteiger partial charge in [0.25, 0.3) is 0 Å². The third kappa shape index (κ3) is 4.85. The second-order valence-corrected chi connectivity index (χ2v) is 11.0. The number of fused-ring (bicyclic) bond motifs is 1. The molecule has 0 spiro atoms. The van der Waals surface area contributed by atoms with Crippen molar-refractivity contribution in [3.8, 4) is 0 Å². The lowest BCUT2D eigenvalue weighted by Crippen LogP contribution is -2.45. The Balaban J connectivity index is 1.43. The summed E-state index contributed by atoms with van der Waals surface area (Å²) in [6.45, 7) is -2.57. The summed E-state index contributed by atoms with van der Waals surface area (Å²) in [5, 5.41) is 29.3. The number of aliphatic imine (C=N–C) groups is 1. The van der Waals surface area contributed by atoms with Crippen LogP contribution in [0.25, 0.3) is 5.57 Å². The lowest BCUT2D eigenvalue weighted by Gasteiger charge is -2.32. The van der Waals surface area contributed by atoms with Gasteiger partial charge in [0, 0.05) is 52.6 Å². The number of nitrogens with one attached hydrogen (secondary N) is 1. The fourth-order valence-electron chi connectivity index (χ4n) is 5.25. The topological polar surface area (TPSA) is 119 Å². The normalized spacial score (nSPS) is 24.6. The molecule has 3 aliphatic rings. The van der Waals surface area contributed by atoms with Crippen LogP contribution in [0.1, 0.15) is 35.3 Å². The number of likely N-dealkylation sites (tertiary alicyclic amines) is 1. The van der Waals surface area contributed by atoms with Crippen LogP contribution in [0.2, 0.25) is 5.02 Å². The lowest BCUT2D eigenvalue weighted by atomic mass is 9.92. The second kappa shape index (κ2) is 10.5. The van der Waals surface area contributed by atoms with Gasteiger partial charge in [-0.2, -0.15) is 13.9 Å². The van der Waals surface area contributed by atoms with Crippen molar-refractivity contribution in [2.24, 2.45) is 4.99 Å². The number of hydrogen-bond donors (Lipinski definition) is 3. The van der Waals surface area contributed by atoms with Crippen molar-refractivity contribution in [3.63, 3.8) is 0 Å². The van der Waals surface area contributed by atoms with Gasteiger partial charge < -0.3 is 25.3 Å². The average Bonchev–Trinajstić information content (AvgIpc) is 3.71. The van der Waals surface area contributed by atoms with Crippen molar-refractivity contribution in [3.05, 3.63) is 74.8 Å². The first-order valence-corrected chi connectivity index (χ1v) is 13.6. The predicted molar refractivity (Wildman–Crippen MR) is 140 cm³/mol. The minimum absolute atomic E-state index is 0.000587. The number of amidine groups is 1. The fourth-order valence-corrected chi connectivity index (χ4v) is 6.16. The van der Waals surface area contributed by atoms with Crippen LogP contribution in [0, 0.1) is 5.82 Å². The average molecular weight is 594 g/mol. The Labute approximate surface area is 235 Å². The molecule has 10 nitrogen and oxygen atoms in total. The smallest absolute Gasteiger partial charge is 0.333 e. The van der Waals surface area contributed by atoms with Gasteiger partial charge in [-0.05, 0) is 18.2 Å². The molecule has 3 aliphatic heterocycles. The highest BCUT2D eigenvalue weighted by Gasteiger charge is 2.42. The number of aliphatic hydroxyl groups is 2. The molecular formula is C25H23ClF3N7O3S. The molecule has 210 valence electrons. The van der Waals surface area contributed by atoms with Gasteiger partial charge in [0.15, 0.2) is 10.8 Å². The summed E-state index contributed by atoms with van der Waals surface area (Å²) in [5.41, 5.74) is 1.87. The minimum atomic E-state index is -2.86. The number of rotatable bonds is 5. The molecule has 0 bridgehead atoms. The highest BCUT2D eigenvalue weighted by atomic mass is 35.5. The summed E-state index contributed by atoms with van der Waals surface area (Å²) in [5.74, 6) is -0.0384. The number of hydrogen-bond acceptors (Lipinski definition) is 8. The van der Waals surface area contributed by atoms with Crippen molar-refractivity contribution in [2.45, 2.75) is 37.3 Å². The summed E-state index contributed by atoms with van der Waals surface area (Å²) >= 11 is 7.83. The molecule has 3 N–H and O–H groups in total. The van der Waals surface area contributed by atoms with E-state index in [0.717, 1.165) is 0 Å². The molecule has 40 heavy (non-hydrogen) atoms. The van der Waals surface area contributed by atoms with Gasteiger partial charge in [-0.25, -0.2) is 18.9 Å². The highest BCUT2D eigenvalue weighted by Crippen LogP contribution is 2.46. The molecule has 0 saturated carbocycles. The van der Waals surface area contributed by atoms with Crippen LogP contribution in [0.4, 0.5) is 18.0 Å². The van der Waals surface area contributed by atoms with Gasteiger partial charge in [-0.3, -0.25) is 4.99 Å². The van der Waals surface area contributed by atoms with Crippen LogP contribution in [0.5, 0.6) is 0 Å². The number of aliphatic hydroxyl groups excluding tert-OH is 2. The maximum Gasteiger partial charge on any atom is 0.333 e. The van der Waals surface area contributed by atoms with E-state index in [-0.39, 0.29) is 23.8 Å². The summed E-state index contributed by atoms with van der Waals surface area (Å²) < 4.78 is 41.5. The largest absolute Gasteiger partial charge is 0.388 e. The number of carbonyl (C=O) groups is 1. The van der Waals surface area contributed by atoms with E-state index in [1.165, 1.54) is 46.7 Å². The molecule has 5 heterocycles. The summed E-state index contributed by atoms with van der Waals surface area (Å²) in [6.07, 6.45) is 1.04. The van der Waals surface area contributed by atoms with E-state index in [1.807, 2.05) is 4.90 Å². The van der Waals surface area contributed by atoms with E-state index >= 15 is 0 Å². The summed E-state index contributed by atoms with van der Waals surface area (Å²) in [7, 11) is 0. The number of urea groups is 1. The molecule has 2 saturated heterocycles. The number of β-amino-alcohol motifs (C(OH)–C–C–N with tert-alkyl or cyclic N) is 2. The maximum absolute atomic E-state index is 14.0. The molecule has 2 amide bonds. The van der Waals surface area contributed by atoms with E-state index in [0.29, 0.717) is 45.3 Å². The van der Waals surface area contributed by atoms with Crippen LogP contribution in [-0.2, 0) is 0 Å². The molecule has 0 unspecified atom stereocenters. The van der Waals surface area contributed by atoms with Gasteiger partial charge >= 0.3 is 12.6 Å². The van der Waals surface area contributed by atoms with Gasteiger partial charge in [-0.1, -0.05) is 17.7 Å². The molecule has 2 aromatic heterocycles. The van der Waals surface area contributed by atoms with Crippen LogP contribution in [0.15, 0.2) is 52.7 Å². The summed E-state index contributed by atoms with van der Waals surface area (Å²) in [6, 6.07) is 3.68. The number of thiazole rings is 1. The van der Waals surface area contributed by atoms with Crippen molar-refractivity contribution >= 4 is 40.4 Å². The predicted octanol–water partition coefficient (Wildman–Crippen LogP) is 3.26.